The topological polar surface area (TPSA) is 46.8 Å². The minimum absolute atomic E-state index is 0.459. The van der Waals surface area contributed by atoms with Crippen molar-refractivity contribution in [3.05, 3.63) is 36.0 Å². The van der Waals surface area contributed by atoms with Crippen molar-refractivity contribution >= 4 is 5.82 Å². The zero-order valence-corrected chi connectivity index (χ0v) is 12.4. The molecule has 1 atom stereocenters. The number of anilines is 1. The van der Waals surface area contributed by atoms with Crippen LogP contribution in [0.1, 0.15) is 48.9 Å². The molecule has 110 valence electrons. The molecule has 0 amide bonds. The molecule has 1 unspecified atom stereocenters. The van der Waals surface area contributed by atoms with E-state index in [2.05, 4.69) is 43.8 Å². The summed E-state index contributed by atoms with van der Waals surface area (Å²) in [7, 11) is 0. The Morgan fingerprint density at radius 1 is 1.19 bits per heavy atom. The van der Waals surface area contributed by atoms with Crippen LogP contribution < -0.4 is 4.90 Å². The normalized spacial score (nSPS) is 22.5. The first-order valence-electron chi connectivity index (χ1n) is 7.87. The molecular weight excluding hydrogens is 262 g/mol. The number of aryl methyl sites for hydroxylation is 1. The van der Waals surface area contributed by atoms with Crippen molar-refractivity contribution in [3.63, 3.8) is 0 Å². The fourth-order valence-corrected chi connectivity index (χ4v) is 3.26. The van der Waals surface area contributed by atoms with Crippen molar-refractivity contribution in [2.24, 2.45) is 0 Å². The molecular formula is C16H21N5. The Bertz CT molecular complexity index is 631. The maximum Gasteiger partial charge on any atom is 0.132 e. The van der Waals surface area contributed by atoms with Gasteiger partial charge in [-0.3, -0.25) is 4.68 Å². The van der Waals surface area contributed by atoms with Crippen LogP contribution in [0.4, 0.5) is 5.82 Å². The van der Waals surface area contributed by atoms with E-state index < -0.39 is 0 Å². The van der Waals surface area contributed by atoms with Crippen molar-refractivity contribution in [2.75, 3.05) is 18.0 Å². The van der Waals surface area contributed by atoms with E-state index in [-0.39, 0.29) is 0 Å². The Kier molecular flexibility index (Phi) is 3.13. The number of hydrogen-bond donors (Lipinski definition) is 0. The molecule has 1 saturated carbocycles. The number of nitrogens with zero attached hydrogens (tertiary/aromatic N) is 5. The van der Waals surface area contributed by atoms with E-state index >= 15 is 0 Å². The highest BCUT2D eigenvalue weighted by Gasteiger charge is 2.27. The summed E-state index contributed by atoms with van der Waals surface area (Å²) in [4.78, 5) is 11.3. The SMILES string of the molecule is Cc1cnn(C2CCN(c3cc(C4CCC4)ncn3)C2)c1. The van der Waals surface area contributed by atoms with Crippen molar-refractivity contribution in [3.8, 4) is 0 Å². The highest BCUT2D eigenvalue weighted by Crippen LogP contribution is 2.36. The van der Waals surface area contributed by atoms with Crippen LogP contribution in [0.3, 0.4) is 0 Å². The molecule has 2 aromatic heterocycles. The van der Waals surface area contributed by atoms with Gasteiger partial charge in [0.05, 0.1) is 12.2 Å². The lowest BCUT2D eigenvalue weighted by molar-refractivity contribution is 0.410. The minimum Gasteiger partial charge on any atom is -0.354 e. The van der Waals surface area contributed by atoms with Crippen LogP contribution in [0.5, 0.6) is 0 Å². The Balaban J connectivity index is 1.50. The van der Waals surface area contributed by atoms with Crippen molar-refractivity contribution in [2.45, 2.75) is 44.6 Å². The van der Waals surface area contributed by atoms with Crippen LogP contribution in [-0.2, 0) is 0 Å². The number of rotatable bonds is 3. The lowest BCUT2D eigenvalue weighted by Crippen LogP contribution is -2.23. The maximum absolute atomic E-state index is 4.48. The second kappa shape index (κ2) is 5.13. The summed E-state index contributed by atoms with van der Waals surface area (Å²) in [6.07, 6.45) is 10.8. The molecule has 1 aliphatic carbocycles. The molecule has 0 aromatic carbocycles. The molecule has 3 heterocycles. The summed E-state index contributed by atoms with van der Waals surface area (Å²) in [5, 5.41) is 4.45. The fraction of sp³-hybridized carbons (Fsp3) is 0.562. The number of hydrogen-bond acceptors (Lipinski definition) is 4. The van der Waals surface area contributed by atoms with E-state index in [0.717, 1.165) is 25.3 Å². The molecule has 5 nitrogen and oxygen atoms in total. The summed E-state index contributed by atoms with van der Waals surface area (Å²) in [6.45, 7) is 4.12. The summed E-state index contributed by atoms with van der Waals surface area (Å²) < 4.78 is 2.10. The van der Waals surface area contributed by atoms with Crippen LogP contribution in [-0.4, -0.2) is 32.8 Å². The molecule has 2 fully saturated rings. The largest absolute Gasteiger partial charge is 0.354 e. The van der Waals surface area contributed by atoms with Crippen molar-refractivity contribution < 1.29 is 0 Å². The maximum atomic E-state index is 4.48. The monoisotopic (exact) mass is 283 g/mol. The molecule has 5 heteroatoms. The van der Waals surface area contributed by atoms with Crippen LogP contribution in [0.25, 0.3) is 0 Å². The molecule has 0 N–H and O–H groups in total. The fourth-order valence-electron chi connectivity index (χ4n) is 3.26. The molecule has 21 heavy (non-hydrogen) atoms. The molecule has 1 saturated heterocycles. The first-order chi connectivity index (χ1) is 10.3. The first kappa shape index (κ1) is 12.8. The van der Waals surface area contributed by atoms with E-state index in [1.54, 1.807) is 6.33 Å². The van der Waals surface area contributed by atoms with Gasteiger partial charge < -0.3 is 4.90 Å². The lowest BCUT2D eigenvalue weighted by Gasteiger charge is -2.26. The average molecular weight is 283 g/mol. The Morgan fingerprint density at radius 3 is 2.81 bits per heavy atom. The van der Waals surface area contributed by atoms with E-state index in [0.29, 0.717) is 12.0 Å². The summed E-state index contributed by atoms with van der Waals surface area (Å²) in [5.74, 6) is 1.75. The quantitative estimate of drug-likeness (QED) is 0.869. The highest BCUT2D eigenvalue weighted by molar-refractivity contribution is 5.41. The van der Waals surface area contributed by atoms with Gasteiger partial charge in [-0.1, -0.05) is 6.42 Å². The standard InChI is InChI=1S/C16H21N5/c1-12-8-19-21(9-12)14-5-6-20(10-14)16-7-15(17-11-18-16)13-3-2-4-13/h7-9,11,13-14H,2-6,10H2,1H3. The van der Waals surface area contributed by atoms with Gasteiger partial charge in [0.2, 0.25) is 0 Å². The van der Waals surface area contributed by atoms with E-state index in [1.165, 1.54) is 30.5 Å². The molecule has 1 aliphatic heterocycles. The van der Waals surface area contributed by atoms with Gasteiger partial charge >= 0.3 is 0 Å². The molecule has 4 rings (SSSR count). The average Bonchev–Trinajstić information content (AvgIpc) is 3.05. The van der Waals surface area contributed by atoms with Gasteiger partial charge in [0.25, 0.3) is 0 Å². The van der Waals surface area contributed by atoms with Gasteiger partial charge in [0, 0.05) is 37.0 Å². The molecule has 2 aliphatic rings. The van der Waals surface area contributed by atoms with Crippen LogP contribution in [0, 0.1) is 6.92 Å². The second-order valence-electron chi connectivity index (χ2n) is 6.32. The zero-order chi connectivity index (χ0) is 14.2. The van der Waals surface area contributed by atoms with Gasteiger partial charge in [-0.15, -0.1) is 0 Å². The van der Waals surface area contributed by atoms with Gasteiger partial charge in [-0.05, 0) is 31.7 Å². The third-order valence-electron chi connectivity index (χ3n) is 4.79. The third-order valence-corrected chi connectivity index (χ3v) is 4.79. The lowest BCUT2D eigenvalue weighted by atomic mass is 9.83. The summed E-state index contributed by atoms with van der Waals surface area (Å²) in [6, 6.07) is 2.65. The summed E-state index contributed by atoms with van der Waals surface area (Å²) >= 11 is 0. The predicted octanol–water partition coefficient (Wildman–Crippen LogP) is 2.70. The van der Waals surface area contributed by atoms with E-state index in [9.17, 15) is 0 Å². The van der Waals surface area contributed by atoms with E-state index in [4.69, 9.17) is 0 Å². The molecule has 0 spiro atoms. The predicted molar refractivity (Wildman–Crippen MR) is 81.5 cm³/mol. The molecule has 0 bridgehead atoms. The van der Waals surface area contributed by atoms with Crippen LogP contribution in [0.2, 0.25) is 0 Å². The first-order valence-corrected chi connectivity index (χ1v) is 7.87. The van der Waals surface area contributed by atoms with Gasteiger partial charge in [0.1, 0.15) is 12.1 Å². The molecule has 2 aromatic rings. The Labute approximate surface area is 125 Å². The van der Waals surface area contributed by atoms with Gasteiger partial charge in [0.15, 0.2) is 0 Å². The van der Waals surface area contributed by atoms with Gasteiger partial charge in [-0.25, -0.2) is 9.97 Å². The Morgan fingerprint density at radius 2 is 2.10 bits per heavy atom. The third kappa shape index (κ3) is 2.41. The van der Waals surface area contributed by atoms with Crippen LogP contribution in [0.15, 0.2) is 24.8 Å². The van der Waals surface area contributed by atoms with Crippen molar-refractivity contribution in [1.29, 1.82) is 0 Å². The highest BCUT2D eigenvalue weighted by atomic mass is 15.3. The zero-order valence-electron chi connectivity index (χ0n) is 12.4. The Hall–Kier alpha value is -1.91. The van der Waals surface area contributed by atoms with Gasteiger partial charge in [-0.2, -0.15) is 5.10 Å². The van der Waals surface area contributed by atoms with Crippen LogP contribution >= 0.6 is 0 Å². The second-order valence-corrected chi connectivity index (χ2v) is 6.32. The minimum atomic E-state index is 0.459. The summed E-state index contributed by atoms with van der Waals surface area (Å²) in [5.41, 5.74) is 2.45. The smallest absolute Gasteiger partial charge is 0.132 e. The number of aromatic nitrogens is 4. The van der Waals surface area contributed by atoms with E-state index in [1.807, 2.05) is 6.20 Å². The van der Waals surface area contributed by atoms with Crippen molar-refractivity contribution in [1.82, 2.24) is 19.7 Å². The molecule has 0 radical (unpaired) electrons.